The van der Waals surface area contributed by atoms with E-state index in [0.29, 0.717) is 0 Å². The van der Waals surface area contributed by atoms with Crippen molar-refractivity contribution in [2.45, 2.75) is 96.7 Å². The minimum absolute atomic E-state index is 0.0600. The number of aliphatic hydroxyl groups is 2. The lowest BCUT2D eigenvalue weighted by molar-refractivity contribution is 0.143. The third-order valence-corrected chi connectivity index (χ3v) is 6.30. The van der Waals surface area contributed by atoms with Crippen LogP contribution in [0.5, 0.6) is 0 Å². The van der Waals surface area contributed by atoms with Gasteiger partial charge in [-0.25, -0.2) is 0 Å². The van der Waals surface area contributed by atoms with Gasteiger partial charge in [-0.2, -0.15) is 0 Å². The lowest BCUT2D eigenvalue weighted by atomic mass is 9.70. The maximum atomic E-state index is 10.1. The molecule has 0 heterocycles. The minimum Gasteiger partial charge on any atom is -0.378 e. The molecule has 1 aliphatic carbocycles. The van der Waals surface area contributed by atoms with Crippen LogP contribution >= 0.6 is 0 Å². The van der Waals surface area contributed by atoms with Gasteiger partial charge in [-0.1, -0.05) is 75.3 Å². The molecule has 174 valence electrons. The zero-order valence-electron chi connectivity index (χ0n) is 21.1. The van der Waals surface area contributed by atoms with E-state index in [4.69, 9.17) is 0 Å². The van der Waals surface area contributed by atoms with Crippen LogP contribution in [0.4, 0.5) is 0 Å². The first-order valence-corrected chi connectivity index (χ1v) is 12.3. The van der Waals surface area contributed by atoms with E-state index in [0.717, 1.165) is 49.7 Å². The fraction of sp³-hybridized carbons (Fsp3) is 0.484. The fourth-order valence-corrected chi connectivity index (χ4v) is 4.72. The Balaban J connectivity index is 2.21. The average Bonchev–Trinajstić information content (AvgIpc) is 3.01. The number of rotatable bonds is 6. The third kappa shape index (κ3) is 5.89. The van der Waals surface area contributed by atoms with Crippen molar-refractivity contribution in [3.63, 3.8) is 0 Å². The van der Waals surface area contributed by atoms with Gasteiger partial charge in [-0.15, -0.1) is 0 Å². The van der Waals surface area contributed by atoms with Gasteiger partial charge in [0, 0.05) is 16.5 Å². The van der Waals surface area contributed by atoms with Gasteiger partial charge >= 0.3 is 0 Å². The molecule has 0 aromatic heterocycles. The Bertz CT molecular complexity index is 1030. The van der Waals surface area contributed by atoms with Crippen molar-refractivity contribution in [3.05, 3.63) is 58.7 Å². The van der Waals surface area contributed by atoms with Crippen LogP contribution in [0.25, 0.3) is 11.1 Å². The monoisotopic (exact) mass is 442 g/mol. The summed E-state index contributed by atoms with van der Waals surface area (Å²) in [6.07, 6.45) is 6.79. The molecule has 0 atom stereocenters. The van der Waals surface area contributed by atoms with Gasteiger partial charge < -0.3 is 10.2 Å². The van der Waals surface area contributed by atoms with Crippen LogP contribution in [0, 0.1) is 23.7 Å². The summed E-state index contributed by atoms with van der Waals surface area (Å²) in [7, 11) is 0. The molecule has 2 heteroatoms. The van der Waals surface area contributed by atoms with Gasteiger partial charge in [0.05, 0.1) is 0 Å². The molecule has 0 fully saturated rings. The Kier molecular flexibility index (Phi) is 7.43. The van der Waals surface area contributed by atoms with Gasteiger partial charge in [-0.05, 0) is 87.1 Å². The second kappa shape index (κ2) is 9.77. The van der Waals surface area contributed by atoms with Crippen molar-refractivity contribution in [1.29, 1.82) is 0 Å². The maximum Gasteiger partial charge on any atom is 0.120 e. The standard InChI is InChI=1S/C31H38O2/c1-7-9-17-31(18-10-8-2)27-21-23(15-19-29(3,4)32)11-13-25(27)26-14-12-24(22-28(26)31)16-20-30(5,6)33/h11-14,21-22,32-33H,7-10,17-18H2,1-6H3. The van der Waals surface area contributed by atoms with E-state index in [1.165, 1.54) is 22.3 Å². The highest BCUT2D eigenvalue weighted by Gasteiger charge is 2.42. The lowest BCUT2D eigenvalue weighted by Gasteiger charge is -2.33. The van der Waals surface area contributed by atoms with Gasteiger partial charge in [-0.3, -0.25) is 0 Å². The first kappa shape index (κ1) is 25.1. The topological polar surface area (TPSA) is 40.5 Å². The fourth-order valence-electron chi connectivity index (χ4n) is 4.72. The molecule has 0 saturated carbocycles. The molecule has 0 spiro atoms. The van der Waals surface area contributed by atoms with Crippen molar-refractivity contribution in [2.24, 2.45) is 0 Å². The van der Waals surface area contributed by atoms with E-state index < -0.39 is 11.2 Å². The number of benzene rings is 2. The molecule has 1 aliphatic rings. The lowest BCUT2D eigenvalue weighted by Crippen LogP contribution is -2.25. The summed E-state index contributed by atoms with van der Waals surface area (Å²) < 4.78 is 0. The summed E-state index contributed by atoms with van der Waals surface area (Å²) in [4.78, 5) is 0. The number of fused-ring (bicyclic) bond motifs is 3. The van der Waals surface area contributed by atoms with E-state index >= 15 is 0 Å². The van der Waals surface area contributed by atoms with Crippen LogP contribution < -0.4 is 0 Å². The van der Waals surface area contributed by atoms with E-state index in [-0.39, 0.29) is 5.41 Å². The Morgan fingerprint density at radius 3 is 1.42 bits per heavy atom. The van der Waals surface area contributed by atoms with Gasteiger partial charge in [0.2, 0.25) is 0 Å². The molecular formula is C31H38O2. The van der Waals surface area contributed by atoms with E-state index in [2.05, 4.69) is 73.9 Å². The zero-order valence-corrected chi connectivity index (χ0v) is 21.1. The molecule has 0 bridgehead atoms. The van der Waals surface area contributed by atoms with Crippen molar-refractivity contribution < 1.29 is 10.2 Å². The SMILES string of the molecule is CCCCC1(CCCC)c2cc(C#CC(C)(C)O)ccc2-c2ccc(C#CC(C)(C)O)cc21. The Morgan fingerprint density at radius 2 is 1.09 bits per heavy atom. The summed E-state index contributed by atoms with van der Waals surface area (Å²) in [6.45, 7) is 11.4. The Morgan fingerprint density at radius 1 is 0.697 bits per heavy atom. The van der Waals surface area contributed by atoms with Crippen molar-refractivity contribution in [1.82, 2.24) is 0 Å². The first-order valence-electron chi connectivity index (χ1n) is 12.3. The molecule has 0 saturated heterocycles. The largest absolute Gasteiger partial charge is 0.378 e. The normalized spacial score (nSPS) is 13.9. The molecule has 2 N–H and O–H groups in total. The third-order valence-electron chi connectivity index (χ3n) is 6.30. The second-order valence-corrected chi connectivity index (χ2v) is 10.4. The van der Waals surface area contributed by atoms with Crippen LogP contribution in [-0.2, 0) is 5.41 Å². The van der Waals surface area contributed by atoms with E-state index in [1.807, 2.05) is 0 Å². The molecule has 0 aliphatic heterocycles. The zero-order chi connectivity index (χ0) is 24.3. The van der Waals surface area contributed by atoms with Gasteiger partial charge in [0.25, 0.3) is 0 Å². The Labute approximate surface area is 200 Å². The molecule has 0 amide bonds. The quantitative estimate of drug-likeness (QED) is 0.496. The highest BCUT2D eigenvalue weighted by atomic mass is 16.3. The van der Waals surface area contributed by atoms with Crippen LogP contribution in [-0.4, -0.2) is 21.4 Å². The van der Waals surface area contributed by atoms with Crippen LogP contribution in [0.15, 0.2) is 36.4 Å². The molecule has 0 radical (unpaired) electrons. The van der Waals surface area contributed by atoms with E-state index in [1.54, 1.807) is 27.7 Å². The number of hydrogen-bond acceptors (Lipinski definition) is 2. The van der Waals surface area contributed by atoms with Crippen molar-refractivity contribution in [2.75, 3.05) is 0 Å². The summed E-state index contributed by atoms with van der Waals surface area (Å²) in [6, 6.07) is 13.0. The highest BCUT2D eigenvalue weighted by molar-refractivity contribution is 5.82. The average molecular weight is 443 g/mol. The molecule has 2 aromatic rings. The minimum atomic E-state index is -1.02. The van der Waals surface area contributed by atoms with Crippen molar-refractivity contribution >= 4 is 0 Å². The molecular weight excluding hydrogens is 404 g/mol. The van der Waals surface area contributed by atoms with Crippen LogP contribution in [0.1, 0.15) is 102 Å². The molecule has 2 nitrogen and oxygen atoms in total. The van der Waals surface area contributed by atoms with E-state index in [9.17, 15) is 10.2 Å². The Hall–Kier alpha value is -2.52. The molecule has 0 unspecified atom stereocenters. The summed E-state index contributed by atoms with van der Waals surface area (Å²) in [5.74, 6) is 12.3. The highest BCUT2D eigenvalue weighted by Crippen LogP contribution is 2.54. The second-order valence-electron chi connectivity index (χ2n) is 10.4. The predicted molar refractivity (Wildman–Crippen MR) is 138 cm³/mol. The van der Waals surface area contributed by atoms with Crippen molar-refractivity contribution in [3.8, 4) is 34.8 Å². The van der Waals surface area contributed by atoms with Crippen LogP contribution in [0.3, 0.4) is 0 Å². The molecule has 33 heavy (non-hydrogen) atoms. The predicted octanol–water partition coefficient (Wildman–Crippen LogP) is 6.58. The molecule has 3 rings (SSSR count). The number of hydrogen-bond donors (Lipinski definition) is 2. The van der Waals surface area contributed by atoms with Gasteiger partial charge in [0.15, 0.2) is 0 Å². The first-order chi connectivity index (χ1) is 15.5. The summed E-state index contributed by atoms with van der Waals surface area (Å²) in [5.41, 5.74) is 5.08. The summed E-state index contributed by atoms with van der Waals surface area (Å²) in [5, 5.41) is 20.2. The molecule has 2 aromatic carbocycles. The summed E-state index contributed by atoms with van der Waals surface area (Å²) >= 11 is 0. The van der Waals surface area contributed by atoms with Crippen LogP contribution in [0.2, 0.25) is 0 Å². The van der Waals surface area contributed by atoms with Gasteiger partial charge in [0.1, 0.15) is 11.2 Å². The number of unbranched alkanes of at least 4 members (excludes halogenated alkanes) is 2. The smallest absolute Gasteiger partial charge is 0.120 e. The maximum absolute atomic E-state index is 10.1.